The third kappa shape index (κ3) is 4.88. The van der Waals surface area contributed by atoms with Crippen molar-refractivity contribution in [3.8, 4) is 0 Å². The lowest BCUT2D eigenvalue weighted by Gasteiger charge is -2.29. The molecule has 2 aromatic rings. The van der Waals surface area contributed by atoms with E-state index in [4.69, 9.17) is 0 Å². The fraction of sp³-hybridized carbons (Fsp3) is 0.375. The van der Waals surface area contributed by atoms with Crippen molar-refractivity contribution in [2.75, 3.05) is 10.6 Å². The van der Waals surface area contributed by atoms with E-state index < -0.39 is 17.8 Å². The van der Waals surface area contributed by atoms with Crippen molar-refractivity contribution in [2.24, 2.45) is 11.8 Å². The van der Waals surface area contributed by atoms with Crippen molar-refractivity contribution in [3.63, 3.8) is 0 Å². The van der Waals surface area contributed by atoms with Crippen molar-refractivity contribution >= 4 is 39.8 Å². The van der Waals surface area contributed by atoms with Gasteiger partial charge in [0.15, 0.2) is 0 Å². The molecule has 6 nitrogen and oxygen atoms in total. The molecule has 0 aliphatic heterocycles. The maximum Gasteiger partial charge on any atom is 0.307 e. The Hall–Kier alpha value is -2.93. The van der Waals surface area contributed by atoms with E-state index in [1.807, 2.05) is 45.9 Å². The fourth-order valence-electron chi connectivity index (χ4n) is 4.08. The summed E-state index contributed by atoms with van der Waals surface area (Å²) in [7, 11) is 0. The van der Waals surface area contributed by atoms with Crippen molar-refractivity contribution in [2.45, 2.75) is 47.0 Å². The van der Waals surface area contributed by atoms with Crippen LogP contribution in [0.15, 0.2) is 41.5 Å². The van der Waals surface area contributed by atoms with Gasteiger partial charge in [-0.25, -0.2) is 0 Å². The quantitative estimate of drug-likeness (QED) is 0.534. The smallest absolute Gasteiger partial charge is 0.307 e. The second kappa shape index (κ2) is 9.47. The van der Waals surface area contributed by atoms with E-state index in [1.165, 1.54) is 11.3 Å². The molecule has 1 aromatic heterocycles. The first-order chi connectivity index (χ1) is 14.7. The molecule has 31 heavy (non-hydrogen) atoms. The molecular formula is C24H28N2O4S. The highest BCUT2D eigenvalue weighted by molar-refractivity contribution is 7.16. The molecule has 1 aliphatic rings. The number of carbonyl (C=O) groups is 3. The SMILES string of the molecule is CCc1c(C)sc(NC(=O)C2CC(C)=C(C)CC2C(=O)O)c1C(=O)Nc1ccccc1. The monoisotopic (exact) mass is 440 g/mol. The largest absolute Gasteiger partial charge is 0.481 e. The summed E-state index contributed by atoms with van der Waals surface area (Å²) in [5.41, 5.74) is 4.09. The number of nitrogens with one attached hydrogen (secondary N) is 2. The lowest BCUT2D eigenvalue weighted by Crippen LogP contribution is -2.36. The number of aryl methyl sites for hydroxylation is 1. The molecule has 1 aromatic carbocycles. The van der Waals surface area contributed by atoms with Gasteiger partial charge in [-0.3, -0.25) is 14.4 Å². The van der Waals surface area contributed by atoms with Crippen LogP contribution < -0.4 is 10.6 Å². The van der Waals surface area contributed by atoms with E-state index in [1.54, 1.807) is 12.1 Å². The minimum atomic E-state index is -0.967. The van der Waals surface area contributed by atoms with Crippen LogP contribution in [-0.2, 0) is 16.0 Å². The number of thiophene rings is 1. The van der Waals surface area contributed by atoms with Crippen molar-refractivity contribution < 1.29 is 19.5 Å². The van der Waals surface area contributed by atoms with Gasteiger partial charge in [-0.2, -0.15) is 0 Å². The van der Waals surface area contributed by atoms with Crippen molar-refractivity contribution in [1.29, 1.82) is 0 Å². The van der Waals surface area contributed by atoms with E-state index >= 15 is 0 Å². The zero-order chi connectivity index (χ0) is 22.7. The average Bonchev–Trinajstić information content (AvgIpc) is 3.04. The summed E-state index contributed by atoms with van der Waals surface area (Å²) < 4.78 is 0. The molecule has 0 bridgehead atoms. The highest BCUT2D eigenvalue weighted by Gasteiger charge is 2.38. The van der Waals surface area contributed by atoms with Crippen LogP contribution in [0.1, 0.15) is 54.4 Å². The Labute approximate surface area is 186 Å². The zero-order valence-corrected chi connectivity index (χ0v) is 19.1. The summed E-state index contributed by atoms with van der Waals surface area (Å²) in [5.74, 6) is -3.04. The number of aliphatic carboxylic acids is 1. The second-order valence-corrected chi connectivity index (χ2v) is 9.25. The van der Waals surface area contributed by atoms with Crippen LogP contribution in [0.4, 0.5) is 10.7 Å². The number of rotatable bonds is 6. The molecule has 0 saturated heterocycles. The van der Waals surface area contributed by atoms with Crippen LogP contribution >= 0.6 is 11.3 Å². The van der Waals surface area contributed by atoms with Crippen LogP contribution in [0, 0.1) is 18.8 Å². The van der Waals surface area contributed by atoms with E-state index in [-0.39, 0.29) is 11.8 Å². The molecule has 2 unspecified atom stereocenters. The van der Waals surface area contributed by atoms with Crippen molar-refractivity contribution in [3.05, 3.63) is 57.5 Å². The predicted octanol–water partition coefficient (Wildman–Crippen LogP) is 5.26. The lowest BCUT2D eigenvalue weighted by molar-refractivity contribution is -0.146. The number of anilines is 2. The van der Waals surface area contributed by atoms with E-state index in [0.29, 0.717) is 35.5 Å². The summed E-state index contributed by atoms with van der Waals surface area (Å²) in [6, 6.07) is 9.15. The molecule has 2 amide bonds. The van der Waals surface area contributed by atoms with Gasteiger partial charge in [0, 0.05) is 10.6 Å². The second-order valence-electron chi connectivity index (χ2n) is 8.02. The molecule has 1 aliphatic carbocycles. The van der Waals surface area contributed by atoms with Crippen LogP contribution in [0.25, 0.3) is 0 Å². The number of amides is 2. The van der Waals surface area contributed by atoms with Gasteiger partial charge in [0.2, 0.25) is 5.91 Å². The maximum absolute atomic E-state index is 13.2. The first kappa shape index (κ1) is 22.7. The van der Waals surface area contributed by atoms with Crippen LogP contribution in [0.2, 0.25) is 0 Å². The van der Waals surface area contributed by atoms with Gasteiger partial charge in [-0.15, -0.1) is 11.3 Å². The Morgan fingerprint density at radius 1 is 1.00 bits per heavy atom. The molecule has 0 radical (unpaired) electrons. The zero-order valence-electron chi connectivity index (χ0n) is 18.2. The number of carboxylic acid groups (broad SMARTS) is 1. The maximum atomic E-state index is 13.2. The summed E-state index contributed by atoms with van der Waals surface area (Å²) in [4.78, 5) is 39.0. The third-order valence-corrected chi connectivity index (χ3v) is 7.04. The number of hydrogen-bond donors (Lipinski definition) is 3. The molecule has 164 valence electrons. The topological polar surface area (TPSA) is 95.5 Å². The minimum absolute atomic E-state index is 0.284. The van der Waals surface area contributed by atoms with Crippen LogP contribution in [0.3, 0.4) is 0 Å². The standard InChI is InChI=1S/C24H28N2O4S/c1-5-17-15(4)31-23(20(17)22(28)25-16-9-7-6-8-10-16)26-21(27)18-11-13(2)14(3)12-19(18)24(29)30/h6-10,18-19H,5,11-12H2,1-4H3,(H,25,28)(H,26,27)(H,29,30). The van der Waals surface area contributed by atoms with Gasteiger partial charge < -0.3 is 15.7 Å². The summed E-state index contributed by atoms with van der Waals surface area (Å²) in [6.45, 7) is 7.76. The summed E-state index contributed by atoms with van der Waals surface area (Å²) in [5, 5.41) is 15.9. The van der Waals surface area contributed by atoms with Gasteiger partial charge >= 0.3 is 5.97 Å². The summed E-state index contributed by atoms with van der Waals surface area (Å²) >= 11 is 1.36. The Morgan fingerprint density at radius 2 is 1.61 bits per heavy atom. The Morgan fingerprint density at radius 3 is 2.19 bits per heavy atom. The molecule has 0 saturated carbocycles. The van der Waals surface area contributed by atoms with Gasteiger partial charge in [0.1, 0.15) is 5.00 Å². The van der Waals surface area contributed by atoms with Gasteiger partial charge in [0.25, 0.3) is 5.91 Å². The van der Waals surface area contributed by atoms with E-state index in [2.05, 4.69) is 10.6 Å². The molecule has 3 N–H and O–H groups in total. The Bertz CT molecular complexity index is 1040. The molecule has 2 atom stereocenters. The number of benzene rings is 1. The molecular weight excluding hydrogens is 412 g/mol. The number of hydrogen-bond acceptors (Lipinski definition) is 4. The molecule has 7 heteroatoms. The molecule has 1 heterocycles. The average molecular weight is 441 g/mol. The number of carboxylic acids is 1. The third-order valence-electron chi connectivity index (χ3n) is 5.98. The highest BCUT2D eigenvalue weighted by atomic mass is 32.1. The Balaban J connectivity index is 1.90. The predicted molar refractivity (Wildman–Crippen MR) is 124 cm³/mol. The number of carbonyl (C=O) groups excluding carboxylic acids is 2. The molecule has 0 spiro atoms. The van der Waals surface area contributed by atoms with Gasteiger partial charge in [-0.05, 0) is 57.7 Å². The first-order valence-electron chi connectivity index (χ1n) is 10.4. The van der Waals surface area contributed by atoms with E-state index in [0.717, 1.165) is 21.6 Å². The first-order valence-corrected chi connectivity index (χ1v) is 11.2. The van der Waals surface area contributed by atoms with Gasteiger partial charge in [0.05, 0.1) is 17.4 Å². The van der Waals surface area contributed by atoms with E-state index in [9.17, 15) is 19.5 Å². The van der Waals surface area contributed by atoms with Crippen molar-refractivity contribution in [1.82, 2.24) is 0 Å². The fourth-order valence-corrected chi connectivity index (χ4v) is 5.23. The van der Waals surface area contributed by atoms with Gasteiger partial charge in [-0.1, -0.05) is 36.3 Å². The number of allylic oxidation sites excluding steroid dienone is 2. The Kier molecular flexibility index (Phi) is 6.95. The minimum Gasteiger partial charge on any atom is -0.481 e. The van der Waals surface area contributed by atoms with Crippen LogP contribution in [0.5, 0.6) is 0 Å². The lowest BCUT2D eigenvalue weighted by atomic mass is 9.76. The summed E-state index contributed by atoms with van der Waals surface area (Å²) in [6.07, 6.45) is 1.42. The number of para-hydroxylation sites is 1. The van der Waals surface area contributed by atoms with Crippen LogP contribution in [-0.4, -0.2) is 22.9 Å². The highest BCUT2D eigenvalue weighted by Crippen LogP contribution is 2.38. The molecule has 0 fully saturated rings. The normalized spacial score (nSPS) is 18.6. The molecule has 3 rings (SSSR count).